The Morgan fingerprint density at radius 3 is 2.79 bits per heavy atom. The van der Waals surface area contributed by atoms with Crippen LogP contribution in [0.25, 0.3) is 0 Å². The number of anilines is 1. The van der Waals surface area contributed by atoms with E-state index >= 15 is 0 Å². The van der Waals surface area contributed by atoms with Gasteiger partial charge in [0.25, 0.3) is 0 Å². The molecule has 0 unspecified atom stereocenters. The Balaban J connectivity index is 1.84. The van der Waals surface area contributed by atoms with E-state index in [9.17, 15) is 8.42 Å². The van der Waals surface area contributed by atoms with Crippen molar-refractivity contribution in [2.75, 3.05) is 43.9 Å². The van der Waals surface area contributed by atoms with E-state index in [1.54, 1.807) is 0 Å². The molecular weight excluding hydrogens is 266 g/mol. The zero-order valence-electron chi connectivity index (χ0n) is 11.0. The first-order valence-corrected chi connectivity index (χ1v) is 7.92. The second kappa shape index (κ2) is 6.31. The molecule has 1 fully saturated rings. The maximum Gasteiger partial charge on any atom is 0.215 e. The number of ether oxygens (including phenoxy) is 1. The minimum Gasteiger partial charge on any atom is -0.379 e. The van der Waals surface area contributed by atoms with Crippen LogP contribution in [-0.2, 0) is 14.8 Å². The number of sulfonamides is 1. The van der Waals surface area contributed by atoms with Gasteiger partial charge in [-0.3, -0.25) is 0 Å². The van der Waals surface area contributed by atoms with Crippen LogP contribution in [0, 0.1) is 6.92 Å². The van der Waals surface area contributed by atoms with Crippen molar-refractivity contribution in [3.8, 4) is 0 Å². The molecule has 0 radical (unpaired) electrons. The van der Waals surface area contributed by atoms with Crippen LogP contribution in [0.4, 0.5) is 5.82 Å². The average Bonchev–Trinajstić information content (AvgIpc) is 2.40. The molecule has 1 aliphatic rings. The van der Waals surface area contributed by atoms with Crippen LogP contribution in [0.15, 0.2) is 18.2 Å². The molecule has 0 aliphatic carbocycles. The van der Waals surface area contributed by atoms with Crippen LogP contribution in [0.3, 0.4) is 0 Å². The third kappa shape index (κ3) is 4.15. The van der Waals surface area contributed by atoms with E-state index in [2.05, 4.69) is 10.3 Å². The van der Waals surface area contributed by atoms with Crippen LogP contribution in [-0.4, -0.2) is 56.3 Å². The van der Waals surface area contributed by atoms with E-state index in [-0.39, 0.29) is 5.75 Å². The van der Waals surface area contributed by atoms with Gasteiger partial charge in [0, 0.05) is 25.3 Å². The van der Waals surface area contributed by atoms with Crippen molar-refractivity contribution >= 4 is 15.8 Å². The number of nitrogens with zero attached hydrogens (tertiary/aromatic N) is 2. The number of pyridine rings is 1. The number of hydrogen-bond donors (Lipinski definition) is 1. The molecule has 0 bridgehead atoms. The molecule has 19 heavy (non-hydrogen) atoms. The molecule has 0 amide bonds. The molecule has 2 heterocycles. The number of aryl methyl sites for hydroxylation is 1. The molecular formula is C12H19N3O3S. The maximum atomic E-state index is 12.1. The molecule has 0 atom stereocenters. The van der Waals surface area contributed by atoms with Gasteiger partial charge in [0.1, 0.15) is 5.82 Å². The van der Waals surface area contributed by atoms with Gasteiger partial charge in [0.2, 0.25) is 10.0 Å². The van der Waals surface area contributed by atoms with E-state index in [4.69, 9.17) is 4.74 Å². The van der Waals surface area contributed by atoms with Crippen molar-refractivity contribution in [2.45, 2.75) is 6.92 Å². The van der Waals surface area contributed by atoms with Gasteiger partial charge >= 0.3 is 0 Å². The van der Waals surface area contributed by atoms with E-state index in [0.29, 0.717) is 38.7 Å². The third-order valence-electron chi connectivity index (χ3n) is 2.92. The third-order valence-corrected chi connectivity index (χ3v) is 4.79. The summed E-state index contributed by atoms with van der Waals surface area (Å²) < 4.78 is 30.7. The first-order chi connectivity index (χ1) is 9.08. The topological polar surface area (TPSA) is 71.5 Å². The van der Waals surface area contributed by atoms with Gasteiger partial charge in [0.05, 0.1) is 19.0 Å². The number of nitrogens with one attached hydrogen (secondary N) is 1. The number of morpholine rings is 1. The fraction of sp³-hybridized carbons (Fsp3) is 0.583. The highest BCUT2D eigenvalue weighted by atomic mass is 32.2. The van der Waals surface area contributed by atoms with E-state index in [1.165, 1.54) is 4.31 Å². The maximum absolute atomic E-state index is 12.1. The summed E-state index contributed by atoms with van der Waals surface area (Å²) in [5.41, 5.74) is 0.904. The molecule has 2 rings (SSSR count). The van der Waals surface area contributed by atoms with Crippen LogP contribution in [0.1, 0.15) is 5.69 Å². The Hall–Kier alpha value is -1.18. The fourth-order valence-corrected chi connectivity index (χ4v) is 3.23. The molecule has 0 aromatic carbocycles. The minimum atomic E-state index is -3.20. The normalized spacial score (nSPS) is 17.3. The zero-order valence-corrected chi connectivity index (χ0v) is 11.8. The van der Waals surface area contributed by atoms with Gasteiger partial charge in [-0.2, -0.15) is 4.31 Å². The lowest BCUT2D eigenvalue weighted by Crippen LogP contribution is -2.42. The largest absolute Gasteiger partial charge is 0.379 e. The molecule has 1 saturated heterocycles. The fourth-order valence-electron chi connectivity index (χ4n) is 1.90. The monoisotopic (exact) mass is 285 g/mol. The number of rotatable bonds is 5. The number of hydrogen-bond acceptors (Lipinski definition) is 5. The Morgan fingerprint density at radius 2 is 2.11 bits per heavy atom. The van der Waals surface area contributed by atoms with Crippen molar-refractivity contribution in [3.63, 3.8) is 0 Å². The minimum absolute atomic E-state index is 0.0720. The summed E-state index contributed by atoms with van der Waals surface area (Å²) in [6.45, 7) is 4.11. The predicted octanol–water partition coefficient (Wildman–Crippen LogP) is 0.464. The molecule has 0 saturated carbocycles. The highest BCUT2D eigenvalue weighted by molar-refractivity contribution is 7.89. The summed E-state index contributed by atoms with van der Waals surface area (Å²) in [5, 5.41) is 3.03. The predicted molar refractivity (Wildman–Crippen MR) is 73.6 cm³/mol. The molecule has 1 aliphatic heterocycles. The highest BCUT2D eigenvalue weighted by Gasteiger charge is 2.23. The van der Waals surface area contributed by atoms with Gasteiger partial charge in [-0.05, 0) is 19.1 Å². The van der Waals surface area contributed by atoms with Crippen molar-refractivity contribution in [3.05, 3.63) is 23.9 Å². The summed E-state index contributed by atoms with van der Waals surface area (Å²) in [4.78, 5) is 4.27. The second-order valence-corrected chi connectivity index (χ2v) is 6.51. The molecule has 7 heteroatoms. The van der Waals surface area contributed by atoms with Gasteiger partial charge in [0.15, 0.2) is 0 Å². The summed E-state index contributed by atoms with van der Waals surface area (Å²) in [6, 6.07) is 5.62. The summed E-state index contributed by atoms with van der Waals surface area (Å²) in [6.07, 6.45) is 0. The van der Waals surface area contributed by atoms with Gasteiger partial charge < -0.3 is 10.1 Å². The smallest absolute Gasteiger partial charge is 0.215 e. The standard InChI is InChI=1S/C12H19N3O3S/c1-11-3-2-4-12(14-11)13-5-10-19(16,17)15-6-8-18-9-7-15/h2-4H,5-10H2,1H3,(H,13,14). The lowest BCUT2D eigenvalue weighted by atomic mass is 10.4. The summed E-state index contributed by atoms with van der Waals surface area (Å²) >= 11 is 0. The van der Waals surface area contributed by atoms with Crippen LogP contribution >= 0.6 is 0 Å². The van der Waals surface area contributed by atoms with E-state index in [1.807, 2.05) is 25.1 Å². The molecule has 0 spiro atoms. The van der Waals surface area contributed by atoms with Crippen molar-refractivity contribution < 1.29 is 13.2 Å². The average molecular weight is 285 g/mol. The van der Waals surface area contributed by atoms with Gasteiger partial charge in [-0.15, -0.1) is 0 Å². The Kier molecular flexibility index (Phi) is 4.73. The van der Waals surface area contributed by atoms with Crippen LogP contribution in [0.5, 0.6) is 0 Å². The van der Waals surface area contributed by atoms with E-state index in [0.717, 1.165) is 5.69 Å². The van der Waals surface area contributed by atoms with Crippen molar-refractivity contribution in [2.24, 2.45) is 0 Å². The quantitative estimate of drug-likeness (QED) is 0.851. The molecule has 1 aromatic heterocycles. The summed E-state index contributed by atoms with van der Waals surface area (Å²) in [5.74, 6) is 0.778. The Bertz CT molecular complexity index is 513. The Labute approximate surface area is 113 Å². The molecule has 1 N–H and O–H groups in total. The Morgan fingerprint density at radius 1 is 1.37 bits per heavy atom. The van der Waals surface area contributed by atoms with E-state index < -0.39 is 10.0 Å². The highest BCUT2D eigenvalue weighted by Crippen LogP contribution is 2.07. The first kappa shape index (κ1) is 14.2. The number of aromatic nitrogens is 1. The summed E-state index contributed by atoms with van der Waals surface area (Å²) in [7, 11) is -3.20. The second-order valence-electron chi connectivity index (χ2n) is 4.42. The van der Waals surface area contributed by atoms with Crippen molar-refractivity contribution in [1.29, 1.82) is 0 Å². The first-order valence-electron chi connectivity index (χ1n) is 6.31. The SMILES string of the molecule is Cc1cccc(NCCS(=O)(=O)N2CCOCC2)n1. The van der Waals surface area contributed by atoms with Gasteiger partial charge in [-0.25, -0.2) is 13.4 Å². The van der Waals surface area contributed by atoms with Crippen molar-refractivity contribution in [1.82, 2.24) is 9.29 Å². The van der Waals surface area contributed by atoms with Crippen LogP contribution < -0.4 is 5.32 Å². The molecule has 106 valence electrons. The lowest BCUT2D eigenvalue weighted by Gasteiger charge is -2.26. The zero-order chi connectivity index (χ0) is 13.7. The lowest BCUT2D eigenvalue weighted by molar-refractivity contribution is 0.0731. The molecule has 6 nitrogen and oxygen atoms in total. The molecule has 1 aromatic rings. The van der Waals surface area contributed by atoms with Crippen LogP contribution in [0.2, 0.25) is 0 Å². The van der Waals surface area contributed by atoms with Gasteiger partial charge in [-0.1, -0.05) is 6.07 Å².